The number of rotatable bonds is 6. The molecule has 1 amide bonds. The van der Waals surface area contributed by atoms with Crippen LogP contribution in [0.3, 0.4) is 0 Å². The van der Waals surface area contributed by atoms with Gasteiger partial charge in [0.05, 0.1) is 17.2 Å². The zero-order valence-corrected chi connectivity index (χ0v) is 13.7. The lowest BCUT2D eigenvalue weighted by Gasteiger charge is -2.23. The zero-order chi connectivity index (χ0) is 13.0. The molecule has 3 nitrogen and oxygen atoms in total. The Bertz CT molecular complexity index is 413. The molecule has 1 saturated heterocycles. The number of amides is 1. The third-order valence-electron chi connectivity index (χ3n) is 2.55. The summed E-state index contributed by atoms with van der Waals surface area (Å²) < 4.78 is 1.09. The van der Waals surface area contributed by atoms with E-state index in [1.165, 1.54) is 4.88 Å². The van der Waals surface area contributed by atoms with Crippen molar-refractivity contribution in [3.8, 4) is 0 Å². The molecule has 100 valence electrons. The van der Waals surface area contributed by atoms with Crippen molar-refractivity contribution >= 4 is 56.7 Å². The molecule has 0 spiro atoms. The van der Waals surface area contributed by atoms with Gasteiger partial charge >= 0.3 is 0 Å². The molecule has 0 aromatic carbocycles. The highest BCUT2D eigenvalue weighted by atomic mass is 79.9. The topological polar surface area (TPSA) is 40.5 Å². The number of aliphatic hydroxyl groups excluding tert-OH is 1. The Hall–Kier alpha value is 0.310. The van der Waals surface area contributed by atoms with E-state index in [9.17, 15) is 4.79 Å². The Morgan fingerprint density at radius 3 is 3.06 bits per heavy atom. The molecular weight excluding hydrogens is 354 g/mol. The number of hydrogen-bond donors (Lipinski definition) is 1. The molecule has 0 radical (unpaired) electrons. The van der Waals surface area contributed by atoms with Crippen molar-refractivity contribution in [3.63, 3.8) is 0 Å². The predicted molar refractivity (Wildman–Crippen MR) is 83.3 cm³/mol. The van der Waals surface area contributed by atoms with Crippen molar-refractivity contribution in [1.29, 1.82) is 0 Å². The third-order valence-corrected chi connectivity index (χ3v) is 6.78. The van der Waals surface area contributed by atoms with E-state index in [4.69, 9.17) is 5.11 Å². The Balaban J connectivity index is 1.97. The number of carbonyl (C=O) groups excluding carboxylic acids is 1. The molecule has 0 bridgehead atoms. The van der Waals surface area contributed by atoms with Crippen molar-refractivity contribution in [1.82, 2.24) is 4.90 Å². The predicted octanol–water partition coefficient (Wildman–Crippen LogP) is 2.81. The average Bonchev–Trinajstić information content (AvgIpc) is 2.92. The summed E-state index contributed by atoms with van der Waals surface area (Å²) in [6, 6.07) is 2.03. The van der Waals surface area contributed by atoms with Gasteiger partial charge in [0, 0.05) is 22.5 Å². The lowest BCUT2D eigenvalue weighted by molar-refractivity contribution is -0.127. The van der Waals surface area contributed by atoms with Gasteiger partial charge in [-0.3, -0.25) is 4.79 Å². The minimum atomic E-state index is 0.154. The molecule has 0 aliphatic carbocycles. The Morgan fingerprint density at radius 2 is 2.39 bits per heavy atom. The van der Waals surface area contributed by atoms with Gasteiger partial charge in [0.2, 0.25) is 5.91 Å². The Kier molecular flexibility index (Phi) is 5.88. The molecule has 2 rings (SSSR count). The highest BCUT2D eigenvalue weighted by molar-refractivity contribution is 9.10. The van der Waals surface area contributed by atoms with Gasteiger partial charge < -0.3 is 10.0 Å². The number of carbonyl (C=O) groups is 1. The van der Waals surface area contributed by atoms with Gasteiger partial charge in [-0.05, 0) is 27.4 Å². The highest BCUT2D eigenvalue weighted by Gasteiger charge is 2.34. The maximum Gasteiger partial charge on any atom is 0.233 e. The smallest absolute Gasteiger partial charge is 0.233 e. The molecular formula is C11H14BrNO2S3. The van der Waals surface area contributed by atoms with E-state index in [0.717, 1.165) is 22.5 Å². The van der Waals surface area contributed by atoms with Gasteiger partial charge in [0.15, 0.2) is 0 Å². The van der Waals surface area contributed by atoms with E-state index in [-0.39, 0.29) is 17.9 Å². The fourth-order valence-electron chi connectivity index (χ4n) is 1.72. The quantitative estimate of drug-likeness (QED) is 0.784. The van der Waals surface area contributed by atoms with Crippen LogP contribution in [0.2, 0.25) is 0 Å². The highest BCUT2D eigenvalue weighted by Crippen LogP contribution is 2.43. The van der Waals surface area contributed by atoms with Crippen LogP contribution in [0.1, 0.15) is 10.3 Å². The molecule has 1 unspecified atom stereocenters. The second-order valence-corrected chi connectivity index (χ2v) is 7.81. The molecule has 1 aromatic heterocycles. The first-order valence-corrected chi connectivity index (χ1v) is 9.44. The summed E-state index contributed by atoms with van der Waals surface area (Å²) in [5.74, 6) is 2.41. The Morgan fingerprint density at radius 1 is 1.56 bits per heavy atom. The maximum absolute atomic E-state index is 11.9. The summed E-state index contributed by atoms with van der Waals surface area (Å²) in [5.41, 5.74) is 0. The standard InChI is InChI=1S/C11H14BrNO2S3/c12-8-1-4-17-10(8)11-13(9(15)7-18-11)2-5-16-6-3-14/h1,4,11,14H,2-3,5-7H2. The number of hydrogen-bond acceptors (Lipinski definition) is 5. The van der Waals surface area contributed by atoms with Crippen molar-refractivity contribution in [2.24, 2.45) is 0 Å². The largest absolute Gasteiger partial charge is 0.396 e. The summed E-state index contributed by atoms with van der Waals surface area (Å²) in [4.78, 5) is 15.1. The molecule has 1 aliphatic heterocycles. The van der Waals surface area contributed by atoms with Crippen LogP contribution in [0.5, 0.6) is 0 Å². The van der Waals surface area contributed by atoms with Gasteiger partial charge in [-0.2, -0.15) is 11.8 Å². The molecule has 0 saturated carbocycles. The normalized spacial score (nSPS) is 19.8. The van der Waals surface area contributed by atoms with Crippen molar-refractivity contribution in [3.05, 3.63) is 20.8 Å². The van der Waals surface area contributed by atoms with Crippen LogP contribution in [0, 0.1) is 0 Å². The summed E-state index contributed by atoms with van der Waals surface area (Å²) in [7, 11) is 0. The van der Waals surface area contributed by atoms with Crippen molar-refractivity contribution in [2.75, 3.05) is 30.4 Å². The van der Waals surface area contributed by atoms with Crippen LogP contribution in [0.25, 0.3) is 0 Å². The summed E-state index contributed by atoms with van der Waals surface area (Å²) >= 11 is 8.60. The van der Waals surface area contributed by atoms with E-state index in [0.29, 0.717) is 5.75 Å². The first-order valence-electron chi connectivity index (χ1n) is 5.56. The first-order chi connectivity index (χ1) is 8.74. The van der Waals surface area contributed by atoms with Crippen LogP contribution < -0.4 is 0 Å². The van der Waals surface area contributed by atoms with Gasteiger partial charge in [0.1, 0.15) is 5.37 Å². The molecule has 1 N–H and O–H groups in total. The van der Waals surface area contributed by atoms with Crippen LogP contribution in [-0.2, 0) is 4.79 Å². The number of thioether (sulfide) groups is 2. The van der Waals surface area contributed by atoms with E-state index in [2.05, 4.69) is 15.9 Å². The van der Waals surface area contributed by atoms with Gasteiger partial charge in [-0.1, -0.05) is 0 Å². The summed E-state index contributed by atoms with van der Waals surface area (Å²) in [6.07, 6.45) is 0. The third kappa shape index (κ3) is 3.45. The lowest BCUT2D eigenvalue weighted by atomic mass is 10.4. The van der Waals surface area contributed by atoms with Crippen LogP contribution in [0.15, 0.2) is 15.9 Å². The van der Waals surface area contributed by atoms with E-state index >= 15 is 0 Å². The minimum absolute atomic E-state index is 0.154. The molecule has 1 atom stereocenters. The summed E-state index contributed by atoms with van der Waals surface area (Å²) in [5, 5.41) is 10.9. The Labute approximate surface area is 127 Å². The second-order valence-electron chi connectivity index (χ2n) is 3.72. The van der Waals surface area contributed by atoms with Crippen LogP contribution >= 0.6 is 50.8 Å². The zero-order valence-electron chi connectivity index (χ0n) is 9.67. The van der Waals surface area contributed by atoms with E-state index < -0.39 is 0 Å². The maximum atomic E-state index is 11.9. The fourth-order valence-corrected chi connectivity index (χ4v) is 5.63. The molecule has 1 fully saturated rings. The number of thiophene rings is 1. The molecule has 1 aliphatic rings. The minimum Gasteiger partial charge on any atom is -0.396 e. The average molecular weight is 368 g/mol. The SMILES string of the molecule is O=C1CSC(c2sccc2Br)N1CCSCCO. The van der Waals surface area contributed by atoms with Crippen molar-refractivity contribution in [2.45, 2.75) is 5.37 Å². The van der Waals surface area contributed by atoms with Gasteiger partial charge in [-0.25, -0.2) is 0 Å². The molecule has 1 aromatic rings. The van der Waals surface area contributed by atoms with Gasteiger partial charge in [-0.15, -0.1) is 23.1 Å². The van der Waals surface area contributed by atoms with Gasteiger partial charge in [0.25, 0.3) is 0 Å². The summed E-state index contributed by atoms with van der Waals surface area (Å²) in [6.45, 7) is 0.957. The van der Waals surface area contributed by atoms with Crippen LogP contribution in [-0.4, -0.2) is 46.3 Å². The molecule has 2 heterocycles. The number of aliphatic hydroxyl groups is 1. The number of nitrogens with zero attached hydrogens (tertiary/aromatic N) is 1. The van der Waals surface area contributed by atoms with Crippen molar-refractivity contribution < 1.29 is 9.90 Å². The molecule has 18 heavy (non-hydrogen) atoms. The molecule has 7 heteroatoms. The van der Waals surface area contributed by atoms with E-state index in [1.807, 2.05) is 16.3 Å². The van der Waals surface area contributed by atoms with Crippen LogP contribution in [0.4, 0.5) is 0 Å². The fraction of sp³-hybridized carbons (Fsp3) is 0.545. The number of halogens is 1. The lowest BCUT2D eigenvalue weighted by Crippen LogP contribution is -2.30. The monoisotopic (exact) mass is 367 g/mol. The first kappa shape index (κ1) is 14.7. The van der Waals surface area contributed by atoms with E-state index in [1.54, 1.807) is 34.9 Å². The second kappa shape index (κ2) is 7.19.